The predicted octanol–water partition coefficient (Wildman–Crippen LogP) is 5.10. The highest BCUT2D eigenvalue weighted by atomic mass is 16.5. The number of likely N-dealkylation sites (tertiary alicyclic amines) is 1. The Kier molecular flexibility index (Phi) is 9.58. The fraction of sp³-hybridized carbons (Fsp3) is 0.290. The molecule has 2 amide bonds. The van der Waals surface area contributed by atoms with Gasteiger partial charge in [0.05, 0.1) is 28.8 Å². The molecule has 0 bridgehead atoms. The van der Waals surface area contributed by atoms with Crippen LogP contribution in [0.2, 0.25) is 0 Å². The van der Waals surface area contributed by atoms with E-state index < -0.39 is 6.09 Å². The van der Waals surface area contributed by atoms with Crippen molar-refractivity contribution in [1.82, 2.24) is 10.2 Å². The Hall–Kier alpha value is -5.02. The molecule has 0 spiro atoms. The Morgan fingerprint density at radius 2 is 1.52 bits per heavy atom. The second-order valence-electron chi connectivity index (χ2n) is 9.62. The molecule has 204 valence electrons. The summed E-state index contributed by atoms with van der Waals surface area (Å²) in [7, 11) is 0. The summed E-state index contributed by atoms with van der Waals surface area (Å²) >= 11 is 0. The Balaban J connectivity index is 1.47. The molecule has 0 unspecified atom stereocenters. The molecule has 1 aliphatic rings. The van der Waals surface area contributed by atoms with Crippen LogP contribution in [0.25, 0.3) is 0 Å². The molecule has 0 aliphatic carbocycles. The third-order valence-electron chi connectivity index (χ3n) is 6.83. The number of carbonyl (C=O) groups excluding carboxylic acids is 1. The molecule has 1 heterocycles. The van der Waals surface area contributed by atoms with Crippen LogP contribution in [0.1, 0.15) is 51.9 Å². The summed E-state index contributed by atoms with van der Waals surface area (Å²) in [5, 5.41) is 29.5. The fourth-order valence-electron chi connectivity index (χ4n) is 4.66. The van der Waals surface area contributed by atoms with E-state index in [1.165, 1.54) is 0 Å². The van der Waals surface area contributed by atoms with Crippen LogP contribution in [0, 0.1) is 28.6 Å². The Morgan fingerprint density at radius 1 is 0.900 bits per heavy atom. The van der Waals surface area contributed by atoms with Crippen LogP contribution in [0.15, 0.2) is 66.7 Å². The first-order valence-electron chi connectivity index (χ1n) is 13.1. The molecule has 40 heavy (non-hydrogen) atoms. The van der Waals surface area contributed by atoms with Crippen LogP contribution >= 0.6 is 0 Å². The number of nitriles is 2. The Morgan fingerprint density at radius 3 is 2.12 bits per heavy atom. The Labute approximate surface area is 233 Å². The SMILES string of the molecule is N#Cc1cccc(COc2ccc(C(=O)N3CCC(CCNC(=O)O)CC3)c(OCc3cccc(C#N)c3)c2)c1. The summed E-state index contributed by atoms with van der Waals surface area (Å²) in [6.45, 7) is 1.97. The van der Waals surface area contributed by atoms with Crippen LogP contribution in [-0.2, 0) is 13.2 Å². The maximum atomic E-state index is 13.5. The number of nitrogens with zero attached hydrogens (tertiary/aromatic N) is 3. The van der Waals surface area contributed by atoms with Gasteiger partial charge in [-0.1, -0.05) is 24.3 Å². The number of piperidine rings is 1. The summed E-state index contributed by atoms with van der Waals surface area (Å²) in [6, 6.07) is 23.6. The number of amides is 2. The van der Waals surface area contributed by atoms with Crippen molar-refractivity contribution in [1.29, 1.82) is 10.5 Å². The van der Waals surface area contributed by atoms with Crippen molar-refractivity contribution in [2.45, 2.75) is 32.5 Å². The number of ether oxygens (including phenoxy) is 2. The molecule has 0 radical (unpaired) electrons. The van der Waals surface area contributed by atoms with Gasteiger partial charge in [-0.2, -0.15) is 10.5 Å². The van der Waals surface area contributed by atoms with Crippen molar-refractivity contribution >= 4 is 12.0 Å². The minimum absolute atomic E-state index is 0.142. The molecule has 1 aliphatic heterocycles. The highest BCUT2D eigenvalue weighted by molar-refractivity contribution is 5.97. The molecule has 2 N–H and O–H groups in total. The number of rotatable bonds is 10. The lowest BCUT2D eigenvalue weighted by Gasteiger charge is -2.32. The van der Waals surface area contributed by atoms with Crippen LogP contribution in [0.5, 0.6) is 11.5 Å². The summed E-state index contributed by atoms with van der Waals surface area (Å²) in [5.41, 5.74) is 3.13. The first-order valence-corrected chi connectivity index (χ1v) is 13.1. The predicted molar refractivity (Wildman–Crippen MR) is 147 cm³/mol. The second kappa shape index (κ2) is 13.7. The van der Waals surface area contributed by atoms with Gasteiger partial charge in [-0.05, 0) is 72.7 Å². The lowest BCUT2D eigenvalue weighted by molar-refractivity contribution is 0.0682. The Bertz CT molecular complexity index is 1430. The zero-order valence-corrected chi connectivity index (χ0v) is 22.0. The molecule has 0 aromatic heterocycles. The van der Waals surface area contributed by atoms with Gasteiger partial charge in [-0.3, -0.25) is 4.79 Å². The van der Waals surface area contributed by atoms with Crippen LogP contribution in [0.3, 0.4) is 0 Å². The first-order chi connectivity index (χ1) is 19.4. The van der Waals surface area contributed by atoms with Gasteiger partial charge in [0.25, 0.3) is 5.91 Å². The van der Waals surface area contributed by atoms with E-state index in [2.05, 4.69) is 17.5 Å². The normalized spacial score (nSPS) is 13.1. The third-order valence-corrected chi connectivity index (χ3v) is 6.83. The van der Waals surface area contributed by atoms with Gasteiger partial charge in [-0.15, -0.1) is 0 Å². The van der Waals surface area contributed by atoms with Crippen LogP contribution < -0.4 is 14.8 Å². The maximum absolute atomic E-state index is 13.5. The zero-order valence-electron chi connectivity index (χ0n) is 22.0. The minimum Gasteiger partial charge on any atom is -0.489 e. The molecule has 4 rings (SSSR count). The topological polar surface area (TPSA) is 136 Å². The highest BCUT2D eigenvalue weighted by Crippen LogP contribution is 2.30. The van der Waals surface area contributed by atoms with Gasteiger partial charge in [-0.25, -0.2) is 4.79 Å². The van der Waals surface area contributed by atoms with E-state index in [9.17, 15) is 14.9 Å². The number of nitrogens with one attached hydrogen (secondary N) is 1. The van der Waals surface area contributed by atoms with E-state index in [1.807, 2.05) is 12.1 Å². The van der Waals surface area contributed by atoms with Gasteiger partial charge < -0.3 is 24.8 Å². The zero-order chi connectivity index (χ0) is 28.3. The maximum Gasteiger partial charge on any atom is 0.404 e. The van der Waals surface area contributed by atoms with Gasteiger partial charge in [0.2, 0.25) is 0 Å². The van der Waals surface area contributed by atoms with Gasteiger partial charge in [0, 0.05) is 25.7 Å². The van der Waals surface area contributed by atoms with Crippen molar-refractivity contribution in [3.63, 3.8) is 0 Å². The molecule has 9 heteroatoms. The largest absolute Gasteiger partial charge is 0.489 e. The molecule has 3 aromatic carbocycles. The van der Waals surface area contributed by atoms with Crippen molar-refractivity contribution in [3.05, 3.63) is 94.5 Å². The molecule has 9 nitrogen and oxygen atoms in total. The quantitative estimate of drug-likeness (QED) is 0.367. The van der Waals surface area contributed by atoms with E-state index in [0.717, 1.165) is 30.4 Å². The first kappa shape index (κ1) is 28.0. The average molecular weight is 539 g/mol. The number of carboxylic acid groups (broad SMARTS) is 1. The molecule has 0 saturated carbocycles. The standard InChI is InChI=1S/C31H30N4O5/c32-18-23-3-1-5-25(15-23)20-39-27-7-8-28(29(17-27)40-21-26-6-2-4-24(16-26)19-33)30(36)35-13-10-22(11-14-35)9-12-34-31(37)38/h1-8,15-17,22,34H,9-14,20-21H2,(H,37,38). The summed E-state index contributed by atoms with van der Waals surface area (Å²) in [6.07, 6.45) is 1.32. The van der Waals surface area contributed by atoms with E-state index in [4.69, 9.17) is 19.8 Å². The second-order valence-corrected chi connectivity index (χ2v) is 9.62. The monoisotopic (exact) mass is 538 g/mol. The fourth-order valence-corrected chi connectivity index (χ4v) is 4.66. The smallest absolute Gasteiger partial charge is 0.404 e. The van der Waals surface area contributed by atoms with Crippen LogP contribution in [-0.4, -0.2) is 41.6 Å². The number of hydrogen-bond acceptors (Lipinski definition) is 6. The molecule has 1 fully saturated rings. The highest BCUT2D eigenvalue weighted by Gasteiger charge is 2.26. The number of carbonyl (C=O) groups is 2. The van der Waals surface area contributed by atoms with E-state index in [1.54, 1.807) is 59.5 Å². The molecule has 1 saturated heterocycles. The lowest BCUT2D eigenvalue weighted by atomic mass is 9.93. The average Bonchev–Trinajstić information content (AvgIpc) is 2.99. The number of hydrogen-bond donors (Lipinski definition) is 2. The van der Waals surface area contributed by atoms with Crippen LogP contribution in [0.4, 0.5) is 4.79 Å². The molecule has 3 aromatic rings. The van der Waals surface area contributed by atoms with Crippen molar-refractivity contribution < 1.29 is 24.2 Å². The lowest BCUT2D eigenvalue weighted by Crippen LogP contribution is -2.39. The van der Waals surface area contributed by atoms with Gasteiger partial charge >= 0.3 is 6.09 Å². The van der Waals surface area contributed by atoms with Gasteiger partial charge in [0.1, 0.15) is 24.7 Å². The van der Waals surface area contributed by atoms with E-state index in [-0.39, 0.29) is 19.1 Å². The van der Waals surface area contributed by atoms with Gasteiger partial charge in [0.15, 0.2) is 0 Å². The number of benzene rings is 3. The van der Waals surface area contributed by atoms with Crippen molar-refractivity contribution in [3.8, 4) is 23.6 Å². The summed E-state index contributed by atoms with van der Waals surface area (Å²) in [4.78, 5) is 26.0. The molecular weight excluding hydrogens is 508 g/mol. The van der Waals surface area contributed by atoms with Crippen molar-refractivity contribution in [2.75, 3.05) is 19.6 Å². The summed E-state index contributed by atoms with van der Waals surface area (Å²) < 4.78 is 12.1. The molecular formula is C31H30N4O5. The summed E-state index contributed by atoms with van der Waals surface area (Å²) in [5.74, 6) is 1.11. The van der Waals surface area contributed by atoms with Crippen molar-refractivity contribution in [2.24, 2.45) is 5.92 Å². The van der Waals surface area contributed by atoms with E-state index in [0.29, 0.717) is 53.7 Å². The molecule has 0 atom stereocenters. The minimum atomic E-state index is -1.03. The van der Waals surface area contributed by atoms with E-state index >= 15 is 0 Å². The third kappa shape index (κ3) is 7.75.